The van der Waals surface area contributed by atoms with E-state index in [9.17, 15) is 0 Å². The first-order chi connectivity index (χ1) is 8.81. The summed E-state index contributed by atoms with van der Waals surface area (Å²) in [6, 6.07) is 0. The Morgan fingerprint density at radius 2 is 1.89 bits per heavy atom. The Labute approximate surface area is 115 Å². The van der Waals surface area contributed by atoms with Crippen LogP contribution in [-0.2, 0) is 6.42 Å². The SMILES string of the molecule is CCCCCCCc1nc(C2CCCC2)sc1N. The Morgan fingerprint density at radius 3 is 2.61 bits per heavy atom. The van der Waals surface area contributed by atoms with E-state index in [0.717, 1.165) is 11.4 Å². The maximum absolute atomic E-state index is 6.11. The van der Waals surface area contributed by atoms with Crippen molar-refractivity contribution in [3.05, 3.63) is 10.7 Å². The van der Waals surface area contributed by atoms with Crippen LogP contribution in [0.5, 0.6) is 0 Å². The van der Waals surface area contributed by atoms with Gasteiger partial charge in [-0.15, -0.1) is 11.3 Å². The largest absolute Gasteiger partial charge is 0.389 e. The highest BCUT2D eigenvalue weighted by atomic mass is 32.1. The Kier molecular flexibility index (Phi) is 5.48. The number of unbranched alkanes of at least 4 members (excludes halogenated alkanes) is 4. The first kappa shape index (κ1) is 13.9. The summed E-state index contributed by atoms with van der Waals surface area (Å²) in [5.74, 6) is 0.714. The predicted molar refractivity (Wildman–Crippen MR) is 80.2 cm³/mol. The second-order valence-electron chi connectivity index (χ2n) is 5.51. The van der Waals surface area contributed by atoms with Crippen LogP contribution in [-0.4, -0.2) is 4.98 Å². The lowest BCUT2D eigenvalue weighted by atomic mass is 10.1. The van der Waals surface area contributed by atoms with Crippen molar-refractivity contribution < 1.29 is 0 Å². The molecule has 2 rings (SSSR count). The minimum absolute atomic E-state index is 0.714. The second kappa shape index (κ2) is 7.13. The summed E-state index contributed by atoms with van der Waals surface area (Å²) < 4.78 is 0. The van der Waals surface area contributed by atoms with Crippen LogP contribution in [0.15, 0.2) is 0 Å². The van der Waals surface area contributed by atoms with E-state index >= 15 is 0 Å². The van der Waals surface area contributed by atoms with Crippen molar-refractivity contribution in [2.45, 2.75) is 77.0 Å². The number of hydrogen-bond acceptors (Lipinski definition) is 3. The third kappa shape index (κ3) is 3.71. The van der Waals surface area contributed by atoms with Crippen LogP contribution >= 0.6 is 11.3 Å². The number of rotatable bonds is 7. The van der Waals surface area contributed by atoms with Crippen molar-refractivity contribution >= 4 is 16.3 Å². The fourth-order valence-electron chi connectivity index (χ4n) is 2.80. The van der Waals surface area contributed by atoms with Crippen LogP contribution in [0.4, 0.5) is 5.00 Å². The highest BCUT2D eigenvalue weighted by molar-refractivity contribution is 7.15. The van der Waals surface area contributed by atoms with Crippen LogP contribution in [0.2, 0.25) is 0 Å². The van der Waals surface area contributed by atoms with E-state index in [0.29, 0.717) is 5.92 Å². The zero-order valence-corrected chi connectivity index (χ0v) is 12.4. The molecule has 2 N–H and O–H groups in total. The standard InChI is InChI=1S/C15H26N2S/c1-2-3-4-5-6-11-13-14(16)18-15(17-13)12-9-7-8-10-12/h12H,2-11,16H2,1H3. The van der Waals surface area contributed by atoms with Gasteiger partial charge in [-0.1, -0.05) is 45.4 Å². The molecule has 1 fully saturated rings. The van der Waals surface area contributed by atoms with E-state index in [1.807, 2.05) is 0 Å². The summed E-state index contributed by atoms with van der Waals surface area (Å²) in [6.07, 6.45) is 13.1. The van der Waals surface area contributed by atoms with Crippen molar-refractivity contribution in [1.29, 1.82) is 0 Å². The Hall–Kier alpha value is -0.570. The summed E-state index contributed by atoms with van der Waals surface area (Å²) in [7, 11) is 0. The molecule has 0 amide bonds. The molecule has 0 radical (unpaired) electrons. The quantitative estimate of drug-likeness (QED) is 0.713. The normalized spacial score (nSPS) is 16.5. The van der Waals surface area contributed by atoms with Gasteiger partial charge in [0.05, 0.1) is 10.7 Å². The van der Waals surface area contributed by atoms with Gasteiger partial charge < -0.3 is 5.73 Å². The molecule has 1 aromatic heterocycles. The van der Waals surface area contributed by atoms with Gasteiger partial charge in [0.25, 0.3) is 0 Å². The summed E-state index contributed by atoms with van der Waals surface area (Å²) in [4.78, 5) is 4.80. The van der Waals surface area contributed by atoms with Gasteiger partial charge in [0.15, 0.2) is 0 Å². The zero-order valence-electron chi connectivity index (χ0n) is 11.6. The molecule has 1 aliphatic carbocycles. The molecular formula is C15H26N2S. The van der Waals surface area contributed by atoms with Crippen LogP contribution < -0.4 is 5.73 Å². The maximum atomic E-state index is 6.11. The third-order valence-corrected chi connectivity index (χ3v) is 5.05. The zero-order chi connectivity index (χ0) is 12.8. The lowest BCUT2D eigenvalue weighted by molar-refractivity contribution is 0.627. The summed E-state index contributed by atoms with van der Waals surface area (Å²) in [5.41, 5.74) is 7.28. The number of nitrogens with zero attached hydrogens (tertiary/aromatic N) is 1. The minimum atomic E-state index is 0.714. The predicted octanol–water partition coefficient (Wildman–Crippen LogP) is 4.90. The molecule has 18 heavy (non-hydrogen) atoms. The maximum Gasteiger partial charge on any atom is 0.109 e. The summed E-state index contributed by atoms with van der Waals surface area (Å²) in [5, 5.41) is 2.29. The van der Waals surface area contributed by atoms with Crippen LogP contribution in [0, 0.1) is 0 Å². The molecular weight excluding hydrogens is 240 g/mol. The Balaban J connectivity index is 1.81. The van der Waals surface area contributed by atoms with E-state index in [-0.39, 0.29) is 0 Å². The first-order valence-corrected chi connectivity index (χ1v) is 8.38. The van der Waals surface area contributed by atoms with Crippen molar-refractivity contribution in [1.82, 2.24) is 4.98 Å². The number of thiazole rings is 1. The number of hydrogen-bond donors (Lipinski definition) is 1. The molecule has 2 nitrogen and oxygen atoms in total. The Bertz CT molecular complexity index is 353. The molecule has 1 aliphatic rings. The average Bonchev–Trinajstić information content (AvgIpc) is 2.99. The molecule has 0 saturated heterocycles. The molecule has 102 valence electrons. The fraction of sp³-hybridized carbons (Fsp3) is 0.800. The monoisotopic (exact) mass is 266 g/mol. The molecule has 0 aromatic carbocycles. The van der Waals surface area contributed by atoms with Gasteiger partial charge in [0.1, 0.15) is 5.00 Å². The van der Waals surface area contributed by atoms with Crippen LogP contribution in [0.1, 0.15) is 81.3 Å². The number of aromatic nitrogens is 1. The molecule has 0 spiro atoms. The topological polar surface area (TPSA) is 38.9 Å². The van der Waals surface area contributed by atoms with Gasteiger partial charge in [-0.25, -0.2) is 4.98 Å². The summed E-state index contributed by atoms with van der Waals surface area (Å²) in [6.45, 7) is 2.26. The van der Waals surface area contributed by atoms with Gasteiger partial charge >= 0.3 is 0 Å². The molecule has 3 heteroatoms. The van der Waals surface area contributed by atoms with E-state index < -0.39 is 0 Å². The molecule has 0 unspecified atom stereocenters. The van der Waals surface area contributed by atoms with Gasteiger partial charge in [-0.2, -0.15) is 0 Å². The lowest BCUT2D eigenvalue weighted by Gasteiger charge is -2.02. The van der Waals surface area contributed by atoms with E-state index in [4.69, 9.17) is 10.7 Å². The fourth-order valence-corrected chi connectivity index (χ4v) is 3.85. The molecule has 0 aliphatic heterocycles. The Morgan fingerprint density at radius 1 is 1.17 bits per heavy atom. The number of anilines is 1. The smallest absolute Gasteiger partial charge is 0.109 e. The molecule has 0 bridgehead atoms. The van der Waals surface area contributed by atoms with Crippen LogP contribution in [0.25, 0.3) is 0 Å². The van der Waals surface area contributed by atoms with Gasteiger partial charge in [0.2, 0.25) is 0 Å². The molecule has 1 heterocycles. The van der Waals surface area contributed by atoms with E-state index in [1.54, 1.807) is 11.3 Å². The number of nitrogens with two attached hydrogens (primary N) is 1. The second-order valence-corrected chi connectivity index (χ2v) is 6.57. The highest BCUT2D eigenvalue weighted by Crippen LogP contribution is 2.38. The molecule has 1 saturated carbocycles. The van der Waals surface area contributed by atoms with Crippen molar-refractivity contribution in [3.8, 4) is 0 Å². The molecule has 1 aromatic rings. The van der Waals surface area contributed by atoms with E-state index in [2.05, 4.69) is 6.92 Å². The lowest BCUT2D eigenvalue weighted by Crippen LogP contribution is -1.94. The first-order valence-electron chi connectivity index (χ1n) is 7.56. The van der Waals surface area contributed by atoms with Gasteiger partial charge in [-0.3, -0.25) is 0 Å². The highest BCUT2D eigenvalue weighted by Gasteiger charge is 2.21. The van der Waals surface area contributed by atoms with Crippen molar-refractivity contribution in [3.63, 3.8) is 0 Å². The number of nitrogen functional groups attached to an aromatic ring is 1. The van der Waals surface area contributed by atoms with Crippen LogP contribution in [0.3, 0.4) is 0 Å². The third-order valence-electron chi connectivity index (χ3n) is 3.97. The summed E-state index contributed by atoms with van der Waals surface area (Å²) >= 11 is 1.75. The average molecular weight is 266 g/mol. The van der Waals surface area contributed by atoms with Gasteiger partial charge in [0, 0.05) is 5.92 Å². The van der Waals surface area contributed by atoms with Gasteiger partial charge in [-0.05, 0) is 25.7 Å². The molecule has 0 atom stereocenters. The van der Waals surface area contributed by atoms with E-state index in [1.165, 1.54) is 68.5 Å². The van der Waals surface area contributed by atoms with Crippen molar-refractivity contribution in [2.24, 2.45) is 0 Å². The van der Waals surface area contributed by atoms with Crippen molar-refractivity contribution in [2.75, 3.05) is 5.73 Å². The minimum Gasteiger partial charge on any atom is -0.389 e. The number of aryl methyl sites for hydroxylation is 1.